The second-order valence-corrected chi connectivity index (χ2v) is 5.50. The molecule has 2 unspecified atom stereocenters. The summed E-state index contributed by atoms with van der Waals surface area (Å²) in [5.41, 5.74) is -0.367. The zero-order valence-corrected chi connectivity index (χ0v) is 14.5. The lowest BCUT2D eigenvalue weighted by molar-refractivity contribution is -0.264. The van der Waals surface area contributed by atoms with Crippen molar-refractivity contribution in [3.63, 3.8) is 0 Å². The fraction of sp³-hybridized carbons (Fsp3) is 1.00. The lowest BCUT2D eigenvalue weighted by Crippen LogP contribution is -2.58. The molecule has 2 atom stereocenters. The molecule has 116 valence electrons. The van der Waals surface area contributed by atoms with Crippen molar-refractivity contribution in [3.05, 3.63) is 0 Å². The molecular formula is C16H36N2O. The predicted molar refractivity (Wildman–Crippen MR) is 84.3 cm³/mol. The van der Waals surface area contributed by atoms with Crippen molar-refractivity contribution in [3.8, 4) is 0 Å². The van der Waals surface area contributed by atoms with E-state index in [4.69, 9.17) is 4.74 Å². The average Bonchev–Trinajstić information content (AvgIpc) is 2.41. The largest absolute Gasteiger partial charge is 0.340 e. The van der Waals surface area contributed by atoms with Gasteiger partial charge < -0.3 is 4.74 Å². The third-order valence-corrected chi connectivity index (χ3v) is 4.62. The van der Waals surface area contributed by atoms with Crippen LogP contribution in [0.15, 0.2) is 0 Å². The second kappa shape index (κ2) is 8.23. The molecule has 0 saturated carbocycles. The van der Waals surface area contributed by atoms with E-state index in [0.717, 1.165) is 39.0 Å². The van der Waals surface area contributed by atoms with Crippen LogP contribution in [0.25, 0.3) is 0 Å². The fourth-order valence-corrected chi connectivity index (χ4v) is 2.98. The lowest BCUT2D eigenvalue weighted by Gasteiger charge is -2.49. The molecule has 0 aliphatic heterocycles. The third kappa shape index (κ3) is 4.44. The SMILES string of the molecule is CCN(CC)C(C)(CC)OC(C)(CC)N(CC)CC. The quantitative estimate of drug-likeness (QED) is 0.560. The maximum atomic E-state index is 6.66. The summed E-state index contributed by atoms with van der Waals surface area (Å²) in [5.74, 6) is 0. The average molecular weight is 272 g/mol. The van der Waals surface area contributed by atoms with Crippen LogP contribution in [-0.2, 0) is 4.74 Å². The Morgan fingerprint density at radius 1 is 0.632 bits per heavy atom. The minimum absolute atomic E-state index is 0.184. The Morgan fingerprint density at radius 2 is 0.895 bits per heavy atom. The molecule has 0 aliphatic carbocycles. The molecule has 0 aromatic heterocycles. The van der Waals surface area contributed by atoms with E-state index in [9.17, 15) is 0 Å². The molecule has 0 aliphatic rings. The van der Waals surface area contributed by atoms with Gasteiger partial charge in [-0.1, -0.05) is 41.5 Å². The maximum absolute atomic E-state index is 6.66. The highest BCUT2D eigenvalue weighted by Gasteiger charge is 2.39. The van der Waals surface area contributed by atoms with Crippen molar-refractivity contribution in [2.75, 3.05) is 26.2 Å². The lowest BCUT2D eigenvalue weighted by atomic mass is 10.1. The van der Waals surface area contributed by atoms with Gasteiger partial charge in [-0.25, -0.2) is 0 Å². The Kier molecular flexibility index (Phi) is 8.18. The van der Waals surface area contributed by atoms with Crippen LogP contribution in [0.1, 0.15) is 68.2 Å². The highest BCUT2D eigenvalue weighted by molar-refractivity contribution is 4.82. The van der Waals surface area contributed by atoms with Crippen LogP contribution in [0.2, 0.25) is 0 Å². The van der Waals surface area contributed by atoms with Crippen molar-refractivity contribution >= 4 is 0 Å². The first kappa shape index (κ1) is 18.9. The smallest absolute Gasteiger partial charge is 0.120 e. The molecule has 0 aromatic rings. The summed E-state index contributed by atoms with van der Waals surface area (Å²) < 4.78 is 6.66. The van der Waals surface area contributed by atoms with Crippen LogP contribution < -0.4 is 0 Å². The summed E-state index contributed by atoms with van der Waals surface area (Å²) in [6.45, 7) is 21.9. The van der Waals surface area contributed by atoms with Crippen LogP contribution in [0, 0.1) is 0 Å². The Labute approximate surface area is 121 Å². The van der Waals surface area contributed by atoms with Gasteiger partial charge in [0.15, 0.2) is 0 Å². The zero-order valence-electron chi connectivity index (χ0n) is 14.5. The van der Waals surface area contributed by atoms with Crippen LogP contribution in [0.3, 0.4) is 0 Å². The molecule has 0 N–H and O–H groups in total. The molecule has 3 nitrogen and oxygen atoms in total. The number of hydrogen-bond donors (Lipinski definition) is 0. The second-order valence-electron chi connectivity index (χ2n) is 5.50. The number of ether oxygens (including phenoxy) is 1. The number of rotatable bonds is 10. The van der Waals surface area contributed by atoms with Gasteiger partial charge in [-0.3, -0.25) is 9.80 Å². The summed E-state index contributed by atoms with van der Waals surface area (Å²) in [6, 6.07) is 0. The van der Waals surface area contributed by atoms with Crippen molar-refractivity contribution in [1.29, 1.82) is 0 Å². The highest BCUT2D eigenvalue weighted by atomic mass is 16.6. The first-order valence-electron chi connectivity index (χ1n) is 8.07. The zero-order chi connectivity index (χ0) is 15.1. The Balaban J connectivity index is 5.19. The fourth-order valence-electron chi connectivity index (χ4n) is 2.98. The van der Waals surface area contributed by atoms with Crippen LogP contribution in [0.4, 0.5) is 0 Å². The van der Waals surface area contributed by atoms with Crippen molar-refractivity contribution in [2.24, 2.45) is 0 Å². The summed E-state index contributed by atoms with van der Waals surface area (Å²) in [6.07, 6.45) is 2.01. The summed E-state index contributed by atoms with van der Waals surface area (Å²) in [4.78, 5) is 4.84. The number of nitrogens with zero attached hydrogens (tertiary/aromatic N) is 2. The molecule has 0 bridgehead atoms. The summed E-state index contributed by atoms with van der Waals surface area (Å²) in [5, 5.41) is 0. The van der Waals surface area contributed by atoms with E-state index >= 15 is 0 Å². The Morgan fingerprint density at radius 3 is 1.05 bits per heavy atom. The van der Waals surface area contributed by atoms with Crippen LogP contribution >= 0.6 is 0 Å². The molecule has 0 radical (unpaired) electrons. The topological polar surface area (TPSA) is 15.7 Å². The van der Waals surface area contributed by atoms with Gasteiger partial charge in [-0.15, -0.1) is 0 Å². The maximum Gasteiger partial charge on any atom is 0.120 e. The van der Waals surface area contributed by atoms with Gasteiger partial charge in [0.1, 0.15) is 11.4 Å². The first-order chi connectivity index (χ1) is 8.87. The molecule has 0 fully saturated rings. The van der Waals surface area contributed by atoms with Gasteiger partial charge in [-0.05, 0) is 52.9 Å². The van der Waals surface area contributed by atoms with E-state index in [1.807, 2.05) is 0 Å². The minimum Gasteiger partial charge on any atom is -0.340 e. The molecule has 0 heterocycles. The van der Waals surface area contributed by atoms with Crippen molar-refractivity contribution in [1.82, 2.24) is 9.80 Å². The molecule has 0 spiro atoms. The molecule has 0 rings (SSSR count). The molecule has 0 amide bonds. The van der Waals surface area contributed by atoms with Gasteiger partial charge in [0.2, 0.25) is 0 Å². The van der Waals surface area contributed by atoms with Crippen molar-refractivity contribution < 1.29 is 4.74 Å². The van der Waals surface area contributed by atoms with E-state index in [2.05, 4.69) is 65.2 Å². The number of hydrogen-bond acceptors (Lipinski definition) is 3. The molecule has 19 heavy (non-hydrogen) atoms. The highest BCUT2D eigenvalue weighted by Crippen LogP contribution is 2.31. The Bertz CT molecular complexity index is 215. The minimum atomic E-state index is -0.184. The van der Waals surface area contributed by atoms with E-state index in [1.54, 1.807) is 0 Å². The monoisotopic (exact) mass is 272 g/mol. The van der Waals surface area contributed by atoms with E-state index < -0.39 is 0 Å². The van der Waals surface area contributed by atoms with E-state index in [-0.39, 0.29) is 11.4 Å². The van der Waals surface area contributed by atoms with Crippen LogP contribution in [0.5, 0.6) is 0 Å². The third-order valence-electron chi connectivity index (χ3n) is 4.62. The van der Waals surface area contributed by atoms with Gasteiger partial charge in [0, 0.05) is 0 Å². The Hall–Kier alpha value is -0.120. The van der Waals surface area contributed by atoms with Crippen molar-refractivity contribution in [2.45, 2.75) is 79.7 Å². The predicted octanol–water partition coefficient (Wildman–Crippen LogP) is 3.94. The molecule has 0 saturated heterocycles. The standard InChI is InChI=1S/C16H36N2O/c1-9-15(7,17(11-3)12-4)19-16(8,10-2)18(13-5)14-6/h9-14H2,1-8H3. The van der Waals surface area contributed by atoms with Gasteiger partial charge in [0.25, 0.3) is 0 Å². The van der Waals surface area contributed by atoms with E-state index in [1.165, 1.54) is 0 Å². The van der Waals surface area contributed by atoms with Crippen LogP contribution in [-0.4, -0.2) is 47.4 Å². The first-order valence-corrected chi connectivity index (χ1v) is 8.07. The summed E-state index contributed by atoms with van der Waals surface area (Å²) in [7, 11) is 0. The normalized spacial score (nSPS) is 18.6. The molecule has 0 aromatic carbocycles. The summed E-state index contributed by atoms with van der Waals surface area (Å²) >= 11 is 0. The molecular weight excluding hydrogens is 236 g/mol. The van der Waals surface area contributed by atoms with E-state index in [0.29, 0.717) is 0 Å². The molecule has 3 heteroatoms. The van der Waals surface area contributed by atoms with Gasteiger partial charge >= 0.3 is 0 Å². The van der Waals surface area contributed by atoms with Gasteiger partial charge in [-0.2, -0.15) is 0 Å². The van der Waals surface area contributed by atoms with Gasteiger partial charge in [0.05, 0.1) is 0 Å².